The quantitative estimate of drug-likeness (QED) is 0.276. The molecule has 1 unspecified atom stereocenters. The Morgan fingerprint density at radius 1 is 1.10 bits per heavy atom. The zero-order chi connectivity index (χ0) is 22.0. The van der Waals surface area contributed by atoms with E-state index in [2.05, 4.69) is 19.6 Å². The molecule has 1 atom stereocenters. The molecule has 30 heavy (non-hydrogen) atoms. The van der Waals surface area contributed by atoms with Gasteiger partial charge in [-0.15, -0.1) is 18.3 Å². The second-order valence-corrected chi connectivity index (χ2v) is 7.76. The second-order valence-electron chi connectivity index (χ2n) is 6.66. The number of rotatable bonds is 12. The number of ether oxygens (including phenoxy) is 3. The van der Waals surface area contributed by atoms with Gasteiger partial charge < -0.3 is 14.2 Å². The van der Waals surface area contributed by atoms with E-state index in [1.807, 2.05) is 19.1 Å². The molecule has 164 valence electrons. The summed E-state index contributed by atoms with van der Waals surface area (Å²) < 4.78 is 55.1. The smallest absolute Gasteiger partial charge is 0.416 e. The van der Waals surface area contributed by atoms with Crippen molar-refractivity contribution in [2.24, 2.45) is 0 Å². The number of hydrogen-bond donors (Lipinski definition) is 0. The van der Waals surface area contributed by atoms with Crippen molar-refractivity contribution in [3.63, 3.8) is 0 Å². The maximum atomic E-state index is 12.7. The van der Waals surface area contributed by atoms with Crippen molar-refractivity contribution in [3.8, 4) is 11.5 Å². The third-order valence-corrected chi connectivity index (χ3v) is 5.24. The van der Waals surface area contributed by atoms with Gasteiger partial charge in [0.15, 0.2) is 0 Å². The van der Waals surface area contributed by atoms with Crippen molar-refractivity contribution in [1.29, 1.82) is 0 Å². The highest BCUT2D eigenvalue weighted by molar-refractivity contribution is 7.99. The summed E-state index contributed by atoms with van der Waals surface area (Å²) in [5.41, 5.74) is 0.365. The van der Waals surface area contributed by atoms with Gasteiger partial charge in [-0.05, 0) is 61.4 Å². The largest absolute Gasteiger partial charge is 0.493 e. The first-order chi connectivity index (χ1) is 14.3. The Kier molecular flexibility index (Phi) is 9.59. The number of benzene rings is 2. The maximum Gasteiger partial charge on any atom is 0.416 e. The van der Waals surface area contributed by atoms with Crippen LogP contribution in [0.1, 0.15) is 24.5 Å². The van der Waals surface area contributed by atoms with E-state index in [-0.39, 0.29) is 12.7 Å². The Morgan fingerprint density at radius 2 is 1.83 bits per heavy atom. The van der Waals surface area contributed by atoms with Crippen molar-refractivity contribution in [2.45, 2.75) is 37.4 Å². The Labute approximate surface area is 180 Å². The van der Waals surface area contributed by atoms with Crippen LogP contribution in [0.2, 0.25) is 0 Å². The minimum Gasteiger partial charge on any atom is -0.493 e. The molecule has 2 rings (SSSR count). The molecule has 0 spiro atoms. The third-order valence-electron chi connectivity index (χ3n) is 4.11. The predicted octanol–water partition coefficient (Wildman–Crippen LogP) is 6.54. The summed E-state index contributed by atoms with van der Waals surface area (Å²) in [5.74, 6) is 1.88. The van der Waals surface area contributed by atoms with Crippen LogP contribution >= 0.6 is 11.8 Å². The van der Waals surface area contributed by atoms with Gasteiger partial charge in [0.1, 0.15) is 24.2 Å². The molecule has 0 aliphatic heterocycles. The summed E-state index contributed by atoms with van der Waals surface area (Å²) in [4.78, 5) is 1.08. The molecule has 2 aromatic carbocycles. The minimum atomic E-state index is -4.36. The van der Waals surface area contributed by atoms with E-state index in [4.69, 9.17) is 14.2 Å². The van der Waals surface area contributed by atoms with E-state index in [0.717, 1.165) is 34.8 Å². The average Bonchev–Trinajstić information content (AvgIpc) is 2.72. The highest BCUT2D eigenvalue weighted by Crippen LogP contribution is 2.30. The van der Waals surface area contributed by atoms with E-state index >= 15 is 0 Å². The van der Waals surface area contributed by atoms with E-state index in [1.54, 1.807) is 17.8 Å². The molecule has 0 amide bonds. The Morgan fingerprint density at radius 3 is 2.43 bits per heavy atom. The van der Waals surface area contributed by atoms with Crippen LogP contribution in [-0.2, 0) is 10.9 Å². The number of thioether (sulfide) groups is 1. The van der Waals surface area contributed by atoms with Gasteiger partial charge in [-0.3, -0.25) is 0 Å². The summed E-state index contributed by atoms with van der Waals surface area (Å²) in [6.07, 6.45) is -2.00. The number of hydrogen-bond acceptors (Lipinski definition) is 4. The predicted molar refractivity (Wildman–Crippen MR) is 115 cm³/mol. The Hall–Kier alpha value is -2.12. The molecule has 0 saturated heterocycles. The molecule has 0 N–H and O–H groups in total. The standard InChI is InChI=1S/C23H27F3O3S/c1-4-12-27-20(15-29-19-8-6-18(7-9-19)23(24,25)26)16-30-21-10-11-22(17(3)14-21)28-13-5-2/h4,6-11,14,20H,1,5,12-13,15-16H2,2-3H3. The van der Waals surface area contributed by atoms with Crippen LogP contribution in [0.4, 0.5) is 13.2 Å². The lowest BCUT2D eigenvalue weighted by atomic mass is 10.2. The van der Waals surface area contributed by atoms with Crippen LogP contribution in [0.25, 0.3) is 0 Å². The molecule has 0 bridgehead atoms. The maximum absolute atomic E-state index is 12.7. The fraction of sp³-hybridized carbons (Fsp3) is 0.391. The molecule has 0 aromatic heterocycles. The fourth-order valence-corrected chi connectivity index (χ4v) is 3.55. The summed E-state index contributed by atoms with van der Waals surface area (Å²) in [6, 6.07) is 10.7. The average molecular weight is 441 g/mol. The van der Waals surface area contributed by atoms with Crippen molar-refractivity contribution in [1.82, 2.24) is 0 Å². The minimum absolute atomic E-state index is 0.225. The molecule has 0 heterocycles. The highest BCUT2D eigenvalue weighted by Gasteiger charge is 2.30. The zero-order valence-corrected chi connectivity index (χ0v) is 18.0. The van der Waals surface area contributed by atoms with Gasteiger partial charge in [-0.25, -0.2) is 0 Å². The molecule has 0 aliphatic carbocycles. The highest BCUT2D eigenvalue weighted by atomic mass is 32.2. The van der Waals surface area contributed by atoms with Crippen molar-refractivity contribution in [3.05, 3.63) is 66.2 Å². The topological polar surface area (TPSA) is 27.7 Å². The number of aryl methyl sites for hydroxylation is 1. The van der Waals surface area contributed by atoms with Crippen LogP contribution in [0.3, 0.4) is 0 Å². The molecular weight excluding hydrogens is 413 g/mol. The molecular formula is C23H27F3O3S. The SMILES string of the molecule is C=CCOC(COc1ccc(C(F)(F)F)cc1)CSc1ccc(OCCC)c(C)c1. The van der Waals surface area contributed by atoms with E-state index in [1.165, 1.54) is 12.1 Å². The van der Waals surface area contributed by atoms with Gasteiger partial charge in [-0.2, -0.15) is 13.2 Å². The first kappa shape index (κ1) is 24.2. The van der Waals surface area contributed by atoms with Crippen LogP contribution in [0, 0.1) is 6.92 Å². The first-order valence-electron chi connectivity index (χ1n) is 9.72. The first-order valence-corrected chi connectivity index (χ1v) is 10.7. The molecule has 0 radical (unpaired) electrons. The van der Waals surface area contributed by atoms with Gasteiger partial charge in [0.05, 0.1) is 18.8 Å². The lowest BCUT2D eigenvalue weighted by Crippen LogP contribution is -2.24. The van der Waals surface area contributed by atoms with Gasteiger partial charge in [0.2, 0.25) is 0 Å². The van der Waals surface area contributed by atoms with Crippen LogP contribution in [0.5, 0.6) is 11.5 Å². The Bertz CT molecular complexity index is 791. The van der Waals surface area contributed by atoms with Crippen LogP contribution < -0.4 is 9.47 Å². The Balaban J connectivity index is 1.92. The van der Waals surface area contributed by atoms with Gasteiger partial charge in [-0.1, -0.05) is 13.0 Å². The van der Waals surface area contributed by atoms with Crippen LogP contribution in [-0.4, -0.2) is 31.7 Å². The van der Waals surface area contributed by atoms with Crippen molar-refractivity contribution >= 4 is 11.8 Å². The number of alkyl halides is 3. The molecule has 3 nitrogen and oxygen atoms in total. The van der Waals surface area contributed by atoms with Crippen molar-refractivity contribution in [2.75, 3.05) is 25.6 Å². The molecule has 0 aliphatic rings. The lowest BCUT2D eigenvalue weighted by molar-refractivity contribution is -0.137. The monoisotopic (exact) mass is 440 g/mol. The van der Waals surface area contributed by atoms with Gasteiger partial charge in [0.25, 0.3) is 0 Å². The van der Waals surface area contributed by atoms with E-state index < -0.39 is 11.7 Å². The van der Waals surface area contributed by atoms with Gasteiger partial charge in [0, 0.05) is 10.6 Å². The second kappa shape index (κ2) is 11.9. The summed E-state index contributed by atoms with van der Waals surface area (Å²) in [7, 11) is 0. The van der Waals surface area contributed by atoms with E-state index in [0.29, 0.717) is 24.7 Å². The lowest BCUT2D eigenvalue weighted by Gasteiger charge is -2.18. The fourth-order valence-electron chi connectivity index (χ4n) is 2.55. The molecule has 7 heteroatoms. The third kappa shape index (κ3) is 7.95. The van der Waals surface area contributed by atoms with Crippen molar-refractivity contribution < 1.29 is 27.4 Å². The van der Waals surface area contributed by atoms with E-state index in [9.17, 15) is 13.2 Å². The molecule has 0 fully saturated rings. The molecule has 0 saturated carbocycles. The summed E-state index contributed by atoms with van der Waals surface area (Å²) in [5, 5.41) is 0. The summed E-state index contributed by atoms with van der Waals surface area (Å²) in [6.45, 7) is 9.01. The van der Waals surface area contributed by atoms with Gasteiger partial charge >= 0.3 is 6.18 Å². The van der Waals surface area contributed by atoms with Crippen LogP contribution in [0.15, 0.2) is 60.0 Å². The number of halogens is 3. The zero-order valence-electron chi connectivity index (χ0n) is 17.2. The summed E-state index contributed by atoms with van der Waals surface area (Å²) >= 11 is 1.62. The molecule has 2 aromatic rings. The normalized spacial score (nSPS) is 12.4.